The van der Waals surface area contributed by atoms with Crippen LogP contribution in [0, 0.1) is 0 Å². The lowest BCUT2D eigenvalue weighted by Gasteiger charge is -2.26. The number of rotatable bonds is 20. The zero-order valence-corrected chi connectivity index (χ0v) is 37.1. The number of fused-ring (bicyclic) bond motifs is 1. The van der Waals surface area contributed by atoms with Gasteiger partial charge in [-0.15, -0.1) is 0 Å². The molecule has 69 heavy (non-hydrogen) atoms. The predicted molar refractivity (Wildman–Crippen MR) is 249 cm³/mol. The predicted octanol–water partition coefficient (Wildman–Crippen LogP) is 12.2. The van der Waals surface area contributed by atoms with Gasteiger partial charge in [0.25, 0.3) is 0 Å². The number of carboxylic acids is 2. The van der Waals surface area contributed by atoms with Gasteiger partial charge in [-0.05, 0) is 95.6 Å². The van der Waals surface area contributed by atoms with Crippen LogP contribution in [0.3, 0.4) is 0 Å². The van der Waals surface area contributed by atoms with Gasteiger partial charge in [-0.25, -0.2) is 9.59 Å². The minimum Gasteiger partial charge on any atom is -0.478 e. The standard InChI is InChI=1S/C30H25F4NO5.C22H18ClNO5/c31-29(32)39-25-10-4-6-20(16-25)18-35(19-21-7-5-11-26(17-21)40-30(33)34)23-12-14-24(15-13-23)38-27(28(36)37)22-8-2-1-3-9-22;23-18-11-20-19(27-13-28-20)10-15(18)12-24-16-6-8-17(9-7-16)29-21(22(25)26)14-4-2-1-3-5-14/h1-17,27,29-30H,18-19H2,(H,36,37);1-11,21,24H,12-13H2,(H,25,26). The van der Waals surface area contributed by atoms with Crippen LogP contribution >= 0.6 is 11.6 Å². The van der Waals surface area contributed by atoms with E-state index < -0.39 is 37.4 Å². The van der Waals surface area contributed by atoms with Crippen molar-refractivity contribution in [2.75, 3.05) is 17.0 Å². The number of anilines is 2. The minimum atomic E-state index is -2.97. The summed E-state index contributed by atoms with van der Waals surface area (Å²) in [4.78, 5) is 25.3. The molecule has 0 bridgehead atoms. The molecule has 0 radical (unpaired) electrons. The Morgan fingerprint density at radius 2 is 1.03 bits per heavy atom. The van der Waals surface area contributed by atoms with Gasteiger partial charge < -0.3 is 48.9 Å². The molecular formula is C52H43ClF4N2O10. The highest BCUT2D eigenvalue weighted by atomic mass is 35.5. The lowest BCUT2D eigenvalue weighted by Crippen LogP contribution is -2.22. The van der Waals surface area contributed by atoms with E-state index >= 15 is 0 Å². The van der Waals surface area contributed by atoms with E-state index in [0.717, 1.165) is 11.3 Å². The van der Waals surface area contributed by atoms with Crippen LogP contribution in [-0.4, -0.2) is 42.2 Å². The number of nitrogens with one attached hydrogen (secondary N) is 1. The van der Waals surface area contributed by atoms with Gasteiger partial charge in [0, 0.05) is 53.2 Å². The Labute approximate surface area is 398 Å². The molecule has 0 aromatic heterocycles. The number of hydrogen-bond donors (Lipinski definition) is 3. The zero-order valence-electron chi connectivity index (χ0n) is 36.3. The molecule has 0 fully saturated rings. The quantitative estimate of drug-likeness (QED) is 0.0625. The lowest BCUT2D eigenvalue weighted by atomic mass is 10.1. The van der Waals surface area contributed by atoms with E-state index in [-0.39, 0.29) is 31.4 Å². The maximum absolute atomic E-state index is 12.7. The third-order valence-corrected chi connectivity index (χ3v) is 10.6. The Morgan fingerprint density at radius 3 is 1.49 bits per heavy atom. The molecule has 7 aromatic carbocycles. The fourth-order valence-corrected chi connectivity index (χ4v) is 7.27. The molecule has 1 aliphatic rings. The highest BCUT2D eigenvalue weighted by molar-refractivity contribution is 6.31. The van der Waals surface area contributed by atoms with Crippen molar-refractivity contribution < 1.29 is 65.8 Å². The number of carboxylic acid groups (broad SMARTS) is 2. The summed E-state index contributed by atoms with van der Waals surface area (Å²) in [7, 11) is 0. The van der Waals surface area contributed by atoms with Crippen molar-refractivity contribution in [3.05, 3.63) is 203 Å². The van der Waals surface area contributed by atoms with Crippen molar-refractivity contribution in [2.24, 2.45) is 0 Å². The second kappa shape index (κ2) is 23.6. The zero-order chi connectivity index (χ0) is 48.7. The fourth-order valence-electron chi connectivity index (χ4n) is 7.05. The van der Waals surface area contributed by atoms with Crippen LogP contribution in [-0.2, 0) is 29.2 Å². The van der Waals surface area contributed by atoms with Crippen LogP contribution in [0.25, 0.3) is 0 Å². The Kier molecular flexibility index (Phi) is 16.7. The molecule has 0 spiro atoms. The third kappa shape index (κ3) is 14.2. The van der Waals surface area contributed by atoms with Crippen LogP contribution < -0.4 is 38.6 Å². The maximum atomic E-state index is 12.7. The van der Waals surface area contributed by atoms with E-state index in [9.17, 15) is 37.4 Å². The van der Waals surface area contributed by atoms with E-state index in [1.54, 1.807) is 121 Å². The second-order valence-corrected chi connectivity index (χ2v) is 15.5. The third-order valence-electron chi connectivity index (χ3n) is 10.2. The molecule has 3 N–H and O–H groups in total. The van der Waals surface area contributed by atoms with Crippen LogP contribution in [0.4, 0.5) is 28.9 Å². The number of benzene rings is 7. The average Bonchev–Trinajstić information content (AvgIpc) is 3.79. The molecule has 356 valence electrons. The monoisotopic (exact) mass is 966 g/mol. The summed E-state index contributed by atoms with van der Waals surface area (Å²) < 4.78 is 82.1. The van der Waals surface area contributed by atoms with Crippen LogP contribution in [0.15, 0.2) is 170 Å². The summed E-state index contributed by atoms with van der Waals surface area (Å²) in [5.41, 5.74) is 4.79. The molecule has 0 aliphatic carbocycles. The number of ether oxygens (including phenoxy) is 6. The molecule has 17 heteroatoms. The van der Waals surface area contributed by atoms with Crippen LogP contribution in [0.2, 0.25) is 5.02 Å². The summed E-state index contributed by atoms with van der Waals surface area (Å²) in [5.74, 6) is -0.0763. The number of carbonyl (C=O) groups is 2. The first-order chi connectivity index (χ1) is 33.4. The lowest BCUT2D eigenvalue weighted by molar-refractivity contribution is -0.146. The van der Waals surface area contributed by atoms with E-state index in [0.29, 0.717) is 62.5 Å². The van der Waals surface area contributed by atoms with Crippen LogP contribution in [0.1, 0.15) is 40.0 Å². The molecule has 0 saturated heterocycles. The van der Waals surface area contributed by atoms with Gasteiger partial charge in [0.15, 0.2) is 11.5 Å². The molecule has 12 nitrogen and oxygen atoms in total. The van der Waals surface area contributed by atoms with Crippen molar-refractivity contribution in [1.82, 2.24) is 0 Å². The van der Waals surface area contributed by atoms with Crippen molar-refractivity contribution >= 4 is 34.9 Å². The first-order valence-corrected chi connectivity index (χ1v) is 21.5. The van der Waals surface area contributed by atoms with Crippen molar-refractivity contribution in [3.63, 3.8) is 0 Å². The van der Waals surface area contributed by atoms with Gasteiger partial charge in [0.05, 0.1) is 0 Å². The Bertz CT molecular complexity index is 2720. The van der Waals surface area contributed by atoms with E-state index in [1.807, 2.05) is 29.2 Å². The average molecular weight is 967 g/mol. The molecule has 0 saturated carbocycles. The molecule has 0 amide bonds. The van der Waals surface area contributed by atoms with E-state index in [2.05, 4.69) is 14.8 Å². The van der Waals surface area contributed by atoms with Gasteiger partial charge in [0.1, 0.15) is 23.0 Å². The molecule has 8 rings (SSSR count). The number of halogens is 5. The van der Waals surface area contributed by atoms with Gasteiger partial charge in [-0.2, -0.15) is 17.6 Å². The summed E-state index contributed by atoms with van der Waals surface area (Å²) >= 11 is 6.29. The summed E-state index contributed by atoms with van der Waals surface area (Å²) in [6.07, 6.45) is -2.28. The molecule has 7 aromatic rings. The SMILES string of the molecule is O=C(O)C(Oc1ccc(N(Cc2cccc(OC(F)F)c2)Cc2cccc(OC(F)F)c2)cc1)c1ccccc1.O=C(O)C(Oc1ccc(NCc2cc3c(cc2Cl)OCO3)cc1)c1ccccc1. The molecular weight excluding hydrogens is 924 g/mol. The first-order valence-electron chi connectivity index (χ1n) is 21.1. The smallest absolute Gasteiger partial charge is 0.387 e. The molecule has 1 aliphatic heterocycles. The second-order valence-electron chi connectivity index (χ2n) is 15.1. The summed E-state index contributed by atoms with van der Waals surface area (Å²) in [5, 5.41) is 23.0. The number of aliphatic carboxylic acids is 2. The molecule has 2 atom stereocenters. The fraction of sp³-hybridized carbons (Fsp3) is 0.154. The topological polar surface area (TPSA) is 145 Å². The van der Waals surface area contributed by atoms with Gasteiger partial charge in [-0.3, -0.25) is 0 Å². The van der Waals surface area contributed by atoms with Crippen molar-refractivity contribution in [3.8, 4) is 34.5 Å². The number of alkyl halides is 4. The Morgan fingerprint density at radius 1 is 0.565 bits per heavy atom. The van der Waals surface area contributed by atoms with E-state index in [4.69, 9.17) is 30.5 Å². The Hall–Kier alpha value is -8.11. The van der Waals surface area contributed by atoms with Crippen molar-refractivity contribution in [2.45, 2.75) is 45.1 Å². The van der Waals surface area contributed by atoms with Gasteiger partial charge >= 0.3 is 25.2 Å². The van der Waals surface area contributed by atoms with Gasteiger partial charge in [0.2, 0.25) is 19.0 Å². The maximum Gasteiger partial charge on any atom is 0.387 e. The van der Waals surface area contributed by atoms with Crippen LogP contribution in [0.5, 0.6) is 34.5 Å². The number of hydrogen-bond acceptors (Lipinski definition) is 10. The van der Waals surface area contributed by atoms with Crippen molar-refractivity contribution in [1.29, 1.82) is 0 Å². The largest absolute Gasteiger partial charge is 0.478 e. The first kappa shape index (κ1) is 48.8. The summed E-state index contributed by atoms with van der Waals surface area (Å²) in [6, 6.07) is 47.2. The Balaban J connectivity index is 0.000000214. The molecule has 2 unspecified atom stereocenters. The molecule has 1 heterocycles. The van der Waals surface area contributed by atoms with E-state index in [1.165, 1.54) is 24.3 Å². The van der Waals surface area contributed by atoms with Gasteiger partial charge in [-0.1, -0.05) is 96.5 Å². The normalized spacial score (nSPS) is 12.3. The summed E-state index contributed by atoms with van der Waals surface area (Å²) in [6.45, 7) is -4.74. The number of nitrogens with zero attached hydrogens (tertiary/aromatic N) is 1. The highest BCUT2D eigenvalue weighted by Crippen LogP contribution is 2.37. The minimum absolute atomic E-state index is 0.00385. The highest BCUT2D eigenvalue weighted by Gasteiger charge is 2.23.